The SMILES string of the molecule is CCCCc1ccccc1C(=O)c1cccc(C(=O)O)c1N. The molecule has 0 aliphatic carbocycles. The zero-order valence-electron chi connectivity index (χ0n) is 12.5. The molecule has 0 saturated heterocycles. The van der Waals surface area contributed by atoms with Gasteiger partial charge in [0.2, 0.25) is 0 Å². The molecule has 0 unspecified atom stereocenters. The van der Waals surface area contributed by atoms with Crippen molar-refractivity contribution in [3.63, 3.8) is 0 Å². The third-order valence-corrected chi connectivity index (χ3v) is 3.64. The largest absolute Gasteiger partial charge is 0.478 e. The highest BCUT2D eigenvalue weighted by Crippen LogP contribution is 2.23. The van der Waals surface area contributed by atoms with Crippen LogP contribution in [0.25, 0.3) is 0 Å². The molecule has 0 amide bonds. The molecule has 0 saturated carbocycles. The molecule has 2 rings (SSSR count). The van der Waals surface area contributed by atoms with Crippen LogP contribution >= 0.6 is 0 Å². The zero-order valence-corrected chi connectivity index (χ0v) is 12.5. The number of nitrogens with two attached hydrogens (primary N) is 1. The maximum Gasteiger partial charge on any atom is 0.337 e. The second-order valence-electron chi connectivity index (χ2n) is 5.16. The third-order valence-electron chi connectivity index (χ3n) is 3.64. The van der Waals surface area contributed by atoms with E-state index in [9.17, 15) is 9.59 Å². The minimum absolute atomic E-state index is 0.0188. The standard InChI is InChI=1S/C18H19NO3/c1-2-3-7-12-8-4-5-9-13(12)17(20)14-10-6-11-15(16(14)19)18(21)22/h4-6,8-11H,2-3,7,19H2,1H3,(H,21,22). The fourth-order valence-corrected chi connectivity index (χ4v) is 2.42. The Hall–Kier alpha value is -2.62. The lowest BCUT2D eigenvalue weighted by atomic mass is 9.93. The Morgan fingerprint density at radius 1 is 1.00 bits per heavy atom. The van der Waals surface area contributed by atoms with Gasteiger partial charge in [-0.15, -0.1) is 0 Å². The van der Waals surface area contributed by atoms with Gasteiger partial charge in [0.15, 0.2) is 5.78 Å². The van der Waals surface area contributed by atoms with Crippen LogP contribution < -0.4 is 5.73 Å². The first kappa shape index (κ1) is 15.8. The number of anilines is 1. The predicted molar refractivity (Wildman–Crippen MR) is 86.3 cm³/mol. The number of carboxylic acid groups (broad SMARTS) is 1. The van der Waals surface area contributed by atoms with E-state index >= 15 is 0 Å². The second kappa shape index (κ2) is 6.89. The molecule has 0 fully saturated rings. The summed E-state index contributed by atoms with van der Waals surface area (Å²) in [5, 5.41) is 9.12. The van der Waals surface area contributed by atoms with Gasteiger partial charge in [0.1, 0.15) is 0 Å². The van der Waals surface area contributed by atoms with Gasteiger partial charge >= 0.3 is 5.97 Å². The Morgan fingerprint density at radius 3 is 2.32 bits per heavy atom. The van der Waals surface area contributed by atoms with Crippen molar-refractivity contribution in [2.24, 2.45) is 0 Å². The van der Waals surface area contributed by atoms with Crippen LogP contribution in [-0.2, 0) is 6.42 Å². The normalized spacial score (nSPS) is 10.4. The van der Waals surface area contributed by atoms with E-state index < -0.39 is 5.97 Å². The van der Waals surface area contributed by atoms with Gasteiger partial charge < -0.3 is 10.8 Å². The van der Waals surface area contributed by atoms with Gasteiger partial charge in [-0.25, -0.2) is 4.79 Å². The molecule has 4 nitrogen and oxygen atoms in total. The summed E-state index contributed by atoms with van der Waals surface area (Å²) in [6, 6.07) is 11.9. The molecular formula is C18H19NO3. The van der Waals surface area contributed by atoms with E-state index in [4.69, 9.17) is 10.8 Å². The van der Waals surface area contributed by atoms with Crippen molar-refractivity contribution in [1.29, 1.82) is 0 Å². The molecule has 0 aromatic heterocycles. The number of hydrogen-bond acceptors (Lipinski definition) is 3. The molecule has 0 bridgehead atoms. The van der Waals surface area contributed by atoms with Gasteiger partial charge in [-0.3, -0.25) is 4.79 Å². The Balaban J connectivity index is 2.45. The molecule has 0 aliphatic heterocycles. The molecule has 2 aromatic carbocycles. The number of hydrogen-bond donors (Lipinski definition) is 2. The molecule has 0 radical (unpaired) electrons. The smallest absolute Gasteiger partial charge is 0.337 e. The molecule has 0 heterocycles. The molecular weight excluding hydrogens is 278 g/mol. The fourth-order valence-electron chi connectivity index (χ4n) is 2.42. The topological polar surface area (TPSA) is 80.4 Å². The minimum Gasteiger partial charge on any atom is -0.478 e. The second-order valence-corrected chi connectivity index (χ2v) is 5.16. The van der Waals surface area contributed by atoms with Gasteiger partial charge in [-0.1, -0.05) is 43.7 Å². The lowest BCUT2D eigenvalue weighted by Crippen LogP contribution is -2.12. The first-order valence-corrected chi connectivity index (χ1v) is 7.30. The van der Waals surface area contributed by atoms with Crippen LogP contribution in [0.4, 0.5) is 5.69 Å². The number of nitrogen functional groups attached to an aromatic ring is 1. The van der Waals surface area contributed by atoms with Crippen LogP contribution in [0.5, 0.6) is 0 Å². The van der Waals surface area contributed by atoms with Crippen molar-refractivity contribution in [3.8, 4) is 0 Å². The van der Waals surface area contributed by atoms with Gasteiger partial charge in [0.05, 0.1) is 11.3 Å². The first-order valence-electron chi connectivity index (χ1n) is 7.30. The van der Waals surface area contributed by atoms with Gasteiger partial charge in [-0.2, -0.15) is 0 Å². The van der Waals surface area contributed by atoms with E-state index in [1.54, 1.807) is 24.3 Å². The van der Waals surface area contributed by atoms with Gasteiger partial charge in [0, 0.05) is 11.1 Å². The Bertz CT molecular complexity index is 707. The van der Waals surface area contributed by atoms with Crippen molar-refractivity contribution >= 4 is 17.4 Å². The molecule has 0 spiro atoms. The van der Waals surface area contributed by atoms with Crippen molar-refractivity contribution < 1.29 is 14.7 Å². The summed E-state index contributed by atoms with van der Waals surface area (Å²) < 4.78 is 0. The number of aryl methyl sites for hydroxylation is 1. The summed E-state index contributed by atoms with van der Waals surface area (Å²) in [5.74, 6) is -1.36. The Kier molecular flexibility index (Phi) is 4.94. The maximum absolute atomic E-state index is 12.8. The quantitative estimate of drug-likeness (QED) is 0.631. The number of carbonyl (C=O) groups is 2. The van der Waals surface area contributed by atoms with Gasteiger partial charge in [-0.05, 0) is 30.5 Å². The van der Waals surface area contributed by atoms with E-state index in [-0.39, 0.29) is 22.6 Å². The lowest BCUT2D eigenvalue weighted by molar-refractivity contribution is 0.0698. The summed E-state index contributed by atoms with van der Waals surface area (Å²) in [6.07, 6.45) is 2.85. The minimum atomic E-state index is -1.13. The van der Waals surface area contributed by atoms with E-state index in [0.717, 1.165) is 24.8 Å². The number of ketones is 1. The van der Waals surface area contributed by atoms with Gasteiger partial charge in [0.25, 0.3) is 0 Å². The van der Waals surface area contributed by atoms with Crippen molar-refractivity contribution in [2.45, 2.75) is 26.2 Å². The van der Waals surface area contributed by atoms with Crippen LogP contribution in [0.3, 0.4) is 0 Å². The van der Waals surface area contributed by atoms with E-state index in [2.05, 4.69) is 6.92 Å². The lowest BCUT2D eigenvalue weighted by Gasteiger charge is -2.11. The van der Waals surface area contributed by atoms with Crippen LogP contribution in [-0.4, -0.2) is 16.9 Å². The molecule has 0 atom stereocenters. The number of carbonyl (C=O) groups excluding carboxylic acids is 1. The number of para-hydroxylation sites is 1. The number of unbranched alkanes of at least 4 members (excludes halogenated alkanes) is 1. The van der Waals surface area contributed by atoms with E-state index in [1.165, 1.54) is 6.07 Å². The fraction of sp³-hybridized carbons (Fsp3) is 0.222. The molecule has 2 aromatic rings. The number of carboxylic acids is 1. The predicted octanol–water partition coefficient (Wildman–Crippen LogP) is 3.54. The average molecular weight is 297 g/mol. The van der Waals surface area contributed by atoms with E-state index in [0.29, 0.717) is 5.56 Å². The van der Waals surface area contributed by atoms with Crippen molar-refractivity contribution in [1.82, 2.24) is 0 Å². The molecule has 0 aliphatic rings. The third kappa shape index (κ3) is 3.17. The first-order chi connectivity index (χ1) is 10.6. The Labute approximate surface area is 129 Å². The number of rotatable bonds is 6. The molecule has 114 valence electrons. The molecule has 4 heteroatoms. The van der Waals surface area contributed by atoms with Crippen molar-refractivity contribution in [2.75, 3.05) is 5.73 Å². The molecule has 22 heavy (non-hydrogen) atoms. The zero-order chi connectivity index (χ0) is 16.1. The monoisotopic (exact) mass is 297 g/mol. The summed E-state index contributed by atoms with van der Waals surface area (Å²) in [4.78, 5) is 23.9. The Morgan fingerprint density at radius 2 is 1.64 bits per heavy atom. The highest BCUT2D eigenvalue weighted by atomic mass is 16.4. The number of benzene rings is 2. The van der Waals surface area contributed by atoms with Crippen LogP contribution in [0, 0.1) is 0 Å². The summed E-state index contributed by atoms with van der Waals surface area (Å²) in [5.41, 5.74) is 7.64. The average Bonchev–Trinajstić information content (AvgIpc) is 2.52. The summed E-state index contributed by atoms with van der Waals surface area (Å²) in [7, 11) is 0. The van der Waals surface area contributed by atoms with Crippen molar-refractivity contribution in [3.05, 3.63) is 64.7 Å². The maximum atomic E-state index is 12.8. The summed E-state index contributed by atoms with van der Waals surface area (Å²) in [6.45, 7) is 2.10. The molecule has 3 N–H and O–H groups in total. The van der Waals surface area contributed by atoms with Crippen LogP contribution in [0.2, 0.25) is 0 Å². The summed E-state index contributed by atoms with van der Waals surface area (Å²) >= 11 is 0. The highest BCUT2D eigenvalue weighted by Gasteiger charge is 2.19. The highest BCUT2D eigenvalue weighted by molar-refractivity contribution is 6.15. The van der Waals surface area contributed by atoms with Crippen LogP contribution in [0.1, 0.15) is 51.6 Å². The number of aromatic carboxylic acids is 1. The van der Waals surface area contributed by atoms with Crippen LogP contribution in [0.15, 0.2) is 42.5 Å². The van der Waals surface area contributed by atoms with E-state index in [1.807, 2.05) is 12.1 Å².